The molecular weight excluding hydrogens is 274 g/mol. The molecule has 1 aliphatic heterocycles. The summed E-state index contributed by atoms with van der Waals surface area (Å²) in [5.41, 5.74) is 1.83. The molecule has 2 aromatic rings. The lowest BCUT2D eigenvalue weighted by molar-refractivity contribution is -0.134. The molecule has 1 unspecified atom stereocenters. The Morgan fingerprint density at radius 3 is 2.45 bits per heavy atom. The molecule has 0 fully saturated rings. The minimum atomic E-state index is -0.469. The largest absolute Gasteiger partial charge is 0.406 e. The number of halogens is 1. The van der Waals surface area contributed by atoms with Gasteiger partial charge < -0.3 is 4.74 Å². The molecule has 2 aromatic carbocycles. The van der Waals surface area contributed by atoms with Crippen LogP contribution in [0.25, 0.3) is 0 Å². The molecule has 0 saturated heterocycles. The zero-order valence-electron chi connectivity index (χ0n) is 10.6. The average Bonchev–Trinajstić information content (AvgIpc) is 2.82. The number of rotatable bonds is 3. The van der Waals surface area contributed by atoms with Crippen LogP contribution in [0.1, 0.15) is 11.1 Å². The van der Waals surface area contributed by atoms with E-state index >= 15 is 0 Å². The van der Waals surface area contributed by atoms with E-state index < -0.39 is 6.04 Å². The maximum absolute atomic E-state index is 11.9. The van der Waals surface area contributed by atoms with Gasteiger partial charge in [-0.3, -0.25) is 0 Å². The van der Waals surface area contributed by atoms with E-state index in [0.717, 1.165) is 11.1 Å². The van der Waals surface area contributed by atoms with Crippen molar-refractivity contribution in [3.8, 4) is 0 Å². The van der Waals surface area contributed by atoms with Crippen LogP contribution >= 0.6 is 11.6 Å². The Hall–Kier alpha value is -2.13. The highest BCUT2D eigenvalue weighted by Gasteiger charge is 2.29. The summed E-state index contributed by atoms with van der Waals surface area (Å²) in [4.78, 5) is 16.2. The summed E-state index contributed by atoms with van der Waals surface area (Å²) in [5.74, 6) is 0.0615. The van der Waals surface area contributed by atoms with E-state index in [1.54, 1.807) is 24.3 Å². The lowest BCUT2D eigenvalue weighted by atomic mass is 10.1. The lowest BCUT2D eigenvalue weighted by Crippen LogP contribution is -2.17. The summed E-state index contributed by atoms with van der Waals surface area (Å²) in [6, 6.07) is 16.4. The fourth-order valence-corrected chi connectivity index (χ4v) is 2.20. The molecule has 1 atom stereocenters. The predicted octanol–water partition coefficient (Wildman–Crippen LogP) is 3.25. The summed E-state index contributed by atoms with van der Waals surface area (Å²) < 4.78 is 5.24. The molecule has 0 radical (unpaired) electrons. The molecular formula is C16H12ClNO2. The number of ether oxygens (including phenoxy) is 1. The van der Waals surface area contributed by atoms with Gasteiger partial charge in [0.25, 0.3) is 0 Å². The van der Waals surface area contributed by atoms with Crippen molar-refractivity contribution >= 4 is 23.5 Å². The molecule has 0 saturated carbocycles. The first-order valence-electron chi connectivity index (χ1n) is 6.32. The van der Waals surface area contributed by atoms with Gasteiger partial charge in [-0.25, -0.2) is 9.79 Å². The number of hydrogen-bond acceptors (Lipinski definition) is 3. The molecule has 0 aliphatic carbocycles. The number of benzene rings is 2. The quantitative estimate of drug-likeness (QED) is 0.812. The van der Waals surface area contributed by atoms with Gasteiger partial charge in [0.1, 0.15) is 0 Å². The SMILES string of the molecule is O=C1OC(c2ccc(Cl)cc2)=NC1Cc1ccccc1. The van der Waals surface area contributed by atoms with Crippen LogP contribution < -0.4 is 0 Å². The molecule has 4 heteroatoms. The normalized spacial score (nSPS) is 17.8. The van der Waals surface area contributed by atoms with Crippen LogP contribution in [-0.2, 0) is 16.0 Å². The lowest BCUT2D eigenvalue weighted by Gasteiger charge is -2.02. The van der Waals surface area contributed by atoms with Gasteiger partial charge in [-0.2, -0.15) is 0 Å². The van der Waals surface area contributed by atoms with E-state index in [2.05, 4.69) is 4.99 Å². The number of aliphatic imine (C=N–C) groups is 1. The fraction of sp³-hybridized carbons (Fsp3) is 0.125. The van der Waals surface area contributed by atoms with Gasteiger partial charge in [0.15, 0.2) is 6.04 Å². The second-order valence-corrected chi connectivity index (χ2v) is 5.00. The number of nitrogens with zero attached hydrogens (tertiary/aromatic N) is 1. The third-order valence-electron chi connectivity index (χ3n) is 3.11. The number of carbonyl (C=O) groups is 1. The Kier molecular flexibility index (Phi) is 3.52. The monoisotopic (exact) mass is 285 g/mol. The molecule has 0 aromatic heterocycles. The van der Waals surface area contributed by atoms with Gasteiger partial charge in [0, 0.05) is 17.0 Å². The summed E-state index contributed by atoms with van der Waals surface area (Å²) in [6.07, 6.45) is 0.552. The van der Waals surface area contributed by atoms with E-state index in [0.29, 0.717) is 17.3 Å². The van der Waals surface area contributed by atoms with Crippen molar-refractivity contribution < 1.29 is 9.53 Å². The van der Waals surface area contributed by atoms with Gasteiger partial charge in [-0.05, 0) is 29.8 Å². The standard InChI is InChI=1S/C16H12ClNO2/c17-13-8-6-12(7-9-13)15-18-14(16(19)20-15)10-11-4-2-1-3-5-11/h1-9,14H,10H2. The summed E-state index contributed by atoms with van der Waals surface area (Å²) >= 11 is 5.84. The minimum absolute atomic E-state index is 0.307. The predicted molar refractivity (Wildman–Crippen MR) is 78.0 cm³/mol. The van der Waals surface area contributed by atoms with Gasteiger partial charge in [0.05, 0.1) is 0 Å². The molecule has 0 N–H and O–H groups in total. The Labute approximate surface area is 121 Å². The third-order valence-corrected chi connectivity index (χ3v) is 3.36. The average molecular weight is 286 g/mol. The maximum atomic E-state index is 11.9. The van der Waals surface area contributed by atoms with Crippen molar-refractivity contribution in [3.63, 3.8) is 0 Å². The molecule has 0 spiro atoms. The molecule has 1 aliphatic rings. The van der Waals surface area contributed by atoms with Crippen LogP contribution in [0.15, 0.2) is 59.6 Å². The minimum Gasteiger partial charge on any atom is -0.406 e. The number of cyclic esters (lactones) is 1. The van der Waals surface area contributed by atoms with Crippen LogP contribution in [-0.4, -0.2) is 17.9 Å². The zero-order chi connectivity index (χ0) is 13.9. The molecule has 0 bridgehead atoms. The van der Waals surface area contributed by atoms with Crippen LogP contribution in [0.2, 0.25) is 5.02 Å². The summed E-state index contributed by atoms with van der Waals surface area (Å²) in [6.45, 7) is 0. The van der Waals surface area contributed by atoms with E-state index in [1.807, 2.05) is 30.3 Å². The van der Waals surface area contributed by atoms with Crippen LogP contribution in [0, 0.1) is 0 Å². The third kappa shape index (κ3) is 2.73. The smallest absolute Gasteiger partial charge is 0.338 e. The van der Waals surface area contributed by atoms with Crippen molar-refractivity contribution in [1.82, 2.24) is 0 Å². The molecule has 3 rings (SSSR count). The van der Waals surface area contributed by atoms with Gasteiger partial charge in [-0.15, -0.1) is 0 Å². The molecule has 3 nitrogen and oxygen atoms in total. The second kappa shape index (κ2) is 5.47. The van der Waals surface area contributed by atoms with Crippen molar-refractivity contribution in [2.75, 3.05) is 0 Å². The molecule has 100 valence electrons. The van der Waals surface area contributed by atoms with Crippen molar-refractivity contribution in [1.29, 1.82) is 0 Å². The summed E-state index contributed by atoms with van der Waals surface area (Å²) in [7, 11) is 0. The van der Waals surface area contributed by atoms with Crippen LogP contribution in [0.3, 0.4) is 0 Å². The van der Waals surface area contributed by atoms with Crippen molar-refractivity contribution in [2.45, 2.75) is 12.5 Å². The van der Waals surface area contributed by atoms with E-state index in [-0.39, 0.29) is 5.97 Å². The topological polar surface area (TPSA) is 38.7 Å². The number of hydrogen-bond donors (Lipinski definition) is 0. The first kappa shape index (κ1) is 12.9. The highest BCUT2D eigenvalue weighted by molar-refractivity contribution is 6.30. The Morgan fingerprint density at radius 2 is 1.75 bits per heavy atom. The Morgan fingerprint density at radius 1 is 1.05 bits per heavy atom. The van der Waals surface area contributed by atoms with E-state index in [9.17, 15) is 4.79 Å². The van der Waals surface area contributed by atoms with Crippen molar-refractivity contribution in [2.24, 2.45) is 4.99 Å². The van der Waals surface area contributed by atoms with E-state index in [4.69, 9.17) is 16.3 Å². The van der Waals surface area contributed by atoms with Gasteiger partial charge in [-0.1, -0.05) is 41.9 Å². The Bertz CT molecular complexity index is 650. The molecule has 1 heterocycles. The second-order valence-electron chi connectivity index (χ2n) is 4.57. The fourth-order valence-electron chi connectivity index (χ4n) is 2.08. The zero-order valence-corrected chi connectivity index (χ0v) is 11.4. The Balaban J connectivity index is 1.80. The van der Waals surface area contributed by atoms with Crippen LogP contribution in [0.4, 0.5) is 0 Å². The van der Waals surface area contributed by atoms with Crippen molar-refractivity contribution in [3.05, 3.63) is 70.7 Å². The maximum Gasteiger partial charge on any atom is 0.338 e. The first-order valence-corrected chi connectivity index (χ1v) is 6.69. The van der Waals surface area contributed by atoms with E-state index in [1.165, 1.54) is 0 Å². The first-order chi connectivity index (χ1) is 9.72. The number of esters is 1. The number of carbonyl (C=O) groups excluding carboxylic acids is 1. The van der Waals surface area contributed by atoms with Gasteiger partial charge >= 0.3 is 5.97 Å². The van der Waals surface area contributed by atoms with Crippen LogP contribution in [0.5, 0.6) is 0 Å². The molecule has 0 amide bonds. The highest BCUT2D eigenvalue weighted by Crippen LogP contribution is 2.18. The highest BCUT2D eigenvalue weighted by atomic mass is 35.5. The van der Waals surface area contributed by atoms with Gasteiger partial charge in [0.2, 0.25) is 5.90 Å². The summed E-state index contributed by atoms with van der Waals surface area (Å²) in [5, 5.41) is 0.638. The molecule has 20 heavy (non-hydrogen) atoms.